The summed E-state index contributed by atoms with van der Waals surface area (Å²) in [4.78, 5) is -0.0666. The van der Waals surface area contributed by atoms with E-state index < -0.39 is 10.1 Å². The molecular formula is C16H20N4O6S. The fourth-order valence-corrected chi connectivity index (χ4v) is 2.14. The fraction of sp³-hybridized carbons (Fsp3) is 0.125. The maximum atomic E-state index is 10.5. The van der Waals surface area contributed by atoms with Gasteiger partial charge in [-0.1, -0.05) is 17.7 Å². The number of phenolic OH excluding ortho intramolecular Hbond substituents is 1. The van der Waals surface area contributed by atoms with Crippen molar-refractivity contribution in [2.75, 3.05) is 7.11 Å². The molecule has 11 heteroatoms. The van der Waals surface area contributed by atoms with Crippen LogP contribution in [0, 0.1) is 12.3 Å². The van der Waals surface area contributed by atoms with Gasteiger partial charge in [0.2, 0.25) is 5.96 Å². The minimum absolute atomic E-state index is 0.00777. The molecule has 0 aromatic heterocycles. The zero-order chi connectivity index (χ0) is 20.4. The molecule has 0 bridgehead atoms. The molecule has 0 amide bonds. The lowest BCUT2D eigenvalue weighted by atomic mass is 10.2. The molecule has 10 nitrogen and oxygen atoms in total. The van der Waals surface area contributed by atoms with E-state index in [0.717, 1.165) is 5.56 Å². The van der Waals surface area contributed by atoms with Crippen LogP contribution in [0.1, 0.15) is 11.1 Å². The fourth-order valence-electron chi connectivity index (χ4n) is 1.66. The van der Waals surface area contributed by atoms with Gasteiger partial charge in [0, 0.05) is 11.6 Å². The first-order valence-corrected chi connectivity index (χ1v) is 8.80. The Morgan fingerprint density at radius 3 is 2.33 bits per heavy atom. The van der Waals surface area contributed by atoms with Crippen molar-refractivity contribution in [3.63, 3.8) is 0 Å². The lowest BCUT2D eigenvalue weighted by molar-refractivity contribution is 0.228. The first-order valence-electron chi connectivity index (χ1n) is 7.36. The highest BCUT2D eigenvalue weighted by Crippen LogP contribution is 2.21. The maximum Gasteiger partial charge on any atom is 0.294 e. The number of ether oxygens (including phenoxy) is 1. The lowest BCUT2D eigenvalue weighted by Gasteiger charge is -2.03. The molecule has 0 unspecified atom stereocenters. The number of nitrogens with one attached hydrogen (secondary N) is 3. The Morgan fingerprint density at radius 2 is 1.85 bits per heavy atom. The number of hydrogen-bond donors (Lipinski definition) is 6. The Kier molecular flexibility index (Phi) is 8.20. The van der Waals surface area contributed by atoms with E-state index in [4.69, 9.17) is 19.9 Å². The van der Waals surface area contributed by atoms with E-state index in [1.54, 1.807) is 29.7 Å². The van der Waals surface area contributed by atoms with Gasteiger partial charge in [0.15, 0.2) is 0 Å². The Hall–Kier alpha value is -3.15. The molecule has 27 heavy (non-hydrogen) atoms. The third-order valence-corrected chi connectivity index (χ3v) is 3.92. The molecule has 0 heterocycles. The predicted molar refractivity (Wildman–Crippen MR) is 99.0 cm³/mol. The number of phenols is 1. The van der Waals surface area contributed by atoms with E-state index in [9.17, 15) is 13.5 Å². The minimum atomic E-state index is -4.02. The Labute approximate surface area is 156 Å². The molecule has 0 aliphatic rings. The molecule has 0 saturated carbocycles. The van der Waals surface area contributed by atoms with Gasteiger partial charge in [-0.05, 0) is 31.2 Å². The van der Waals surface area contributed by atoms with Gasteiger partial charge in [-0.15, -0.1) is 0 Å². The first kappa shape index (κ1) is 21.9. The van der Waals surface area contributed by atoms with Crippen molar-refractivity contribution in [1.82, 2.24) is 10.9 Å². The normalized spacial score (nSPS) is 10.7. The van der Waals surface area contributed by atoms with E-state index in [1.165, 1.54) is 31.5 Å². The van der Waals surface area contributed by atoms with Crippen molar-refractivity contribution < 1.29 is 28.0 Å². The van der Waals surface area contributed by atoms with Crippen molar-refractivity contribution in [2.24, 2.45) is 5.10 Å². The Bertz CT molecular complexity index is 898. The van der Waals surface area contributed by atoms with Gasteiger partial charge in [-0.2, -0.15) is 13.5 Å². The SMILES string of the molecule is COc1ccc(/C=N/NC(=N)NO)c(O)c1.Cc1ccc(S(=O)(=O)O)cc1. The van der Waals surface area contributed by atoms with Gasteiger partial charge in [-0.3, -0.25) is 15.2 Å². The minimum Gasteiger partial charge on any atom is -0.507 e. The van der Waals surface area contributed by atoms with E-state index in [1.807, 2.05) is 6.92 Å². The van der Waals surface area contributed by atoms with Gasteiger partial charge in [0.05, 0.1) is 18.2 Å². The maximum absolute atomic E-state index is 10.5. The van der Waals surface area contributed by atoms with Crippen molar-refractivity contribution in [1.29, 1.82) is 5.41 Å². The van der Waals surface area contributed by atoms with Crippen molar-refractivity contribution >= 4 is 22.3 Å². The topological polar surface area (TPSA) is 164 Å². The van der Waals surface area contributed by atoms with Gasteiger partial charge < -0.3 is 9.84 Å². The summed E-state index contributed by atoms with van der Waals surface area (Å²) in [5.41, 5.74) is 5.16. The average molecular weight is 396 g/mol. The largest absolute Gasteiger partial charge is 0.507 e. The van der Waals surface area contributed by atoms with E-state index in [-0.39, 0.29) is 16.6 Å². The van der Waals surface area contributed by atoms with Crippen LogP contribution in [0.4, 0.5) is 0 Å². The third-order valence-electron chi connectivity index (χ3n) is 3.05. The highest BCUT2D eigenvalue weighted by molar-refractivity contribution is 7.85. The van der Waals surface area contributed by atoms with Gasteiger partial charge in [-0.25, -0.2) is 10.9 Å². The molecule has 2 aromatic carbocycles. The summed E-state index contributed by atoms with van der Waals surface area (Å²) in [5, 5.41) is 28.4. The van der Waals surface area contributed by atoms with Crippen LogP contribution in [0.2, 0.25) is 0 Å². The quantitative estimate of drug-likeness (QED) is 0.196. The third kappa shape index (κ3) is 7.73. The molecule has 0 fully saturated rings. The summed E-state index contributed by atoms with van der Waals surface area (Å²) < 4.78 is 34.5. The number of hydroxylamine groups is 1. The number of rotatable bonds is 4. The predicted octanol–water partition coefficient (Wildman–Crippen LogP) is 1.48. The number of aromatic hydroxyl groups is 1. The number of aryl methyl sites for hydroxylation is 1. The standard InChI is InChI=1S/C9H12N4O3.C7H8O3S/c1-16-7-3-2-6(8(14)4-7)5-11-12-9(10)13-15;1-6-2-4-7(5-3-6)11(8,9)10/h2-5,14-15H,1H3,(H3,10,12,13);2-5H,1H3,(H,8,9,10)/b11-5+;. The van der Waals surface area contributed by atoms with Crippen LogP contribution in [0.25, 0.3) is 0 Å². The van der Waals surface area contributed by atoms with Crippen LogP contribution in [0.3, 0.4) is 0 Å². The second kappa shape index (κ2) is 10.1. The lowest BCUT2D eigenvalue weighted by Crippen LogP contribution is -2.30. The summed E-state index contributed by atoms with van der Waals surface area (Å²) in [5.74, 6) is 0.171. The number of benzene rings is 2. The van der Waals surface area contributed by atoms with Crippen molar-refractivity contribution in [3.8, 4) is 11.5 Å². The molecule has 0 spiro atoms. The molecule has 2 aromatic rings. The highest BCUT2D eigenvalue weighted by Gasteiger charge is 2.06. The molecule has 0 aliphatic heterocycles. The number of nitrogens with zero attached hydrogens (tertiary/aromatic N) is 1. The number of guanidine groups is 1. The van der Waals surface area contributed by atoms with Crippen LogP contribution < -0.4 is 15.6 Å². The van der Waals surface area contributed by atoms with Gasteiger partial charge in [0.1, 0.15) is 11.5 Å². The highest BCUT2D eigenvalue weighted by atomic mass is 32.2. The summed E-state index contributed by atoms with van der Waals surface area (Å²) in [6, 6.07) is 10.7. The zero-order valence-electron chi connectivity index (χ0n) is 14.5. The Morgan fingerprint density at radius 1 is 1.22 bits per heavy atom. The molecule has 0 aliphatic carbocycles. The monoisotopic (exact) mass is 396 g/mol. The van der Waals surface area contributed by atoms with Gasteiger partial charge >= 0.3 is 0 Å². The zero-order valence-corrected chi connectivity index (χ0v) is 15.4. The molecule has 0 radical (unpaired) electrons. The number of hydrazone groups is 1. The van der Waals surface area contributed by atoms with Crippen LogP contribution in [-0.4, -0.2) is 42.6 Å². The Balaban J connectivity index is 0.000000289. The van der Waals surface area contributed by atoms with E-state index >= 15 is 0 Å². The van der Waals surface area contributed by atoms with Gasteiger partial charge in [0.25, 0.3) is 10.1 Å². The van der Waals surface area contributed by atoms with Crippen molar-refractivity contribution in [2.45, 2.75) is 11.8 Å². The van der Waals surface area contributed by atoms with Crippen LogP contribution >= 0.6 is 0 Å². The second-order valence-electron chi connectivity index (χ2n) is 5.07. The van der Waals surface area contributed by atoms with Crippen LogP contribution in [0.15, 0.2) is 52.5 Å². The summed E-state index contributed by atoms with van der Waals surface area (Å²) >= 11 is 0. The van der Waals surface area contributed by atoms with E-state index in [2.05, 4.69) is 10.5 Å². The molecule has 6 N–H and O–H groups in total. The first-order chi connectivity index (χ1) is 12.7. The molecule has 0 saturated heterocycles. The molecule has 146 valence electrons. The average Bonchev–Trinajstić information content (AvgIpc) is 2.63. The summed E-state index contributed by atoms with van der Waals surface area (Å²) in [7, 11) is -2.52. The van der Waals surface area contributed by atoms with Crippen molar-refractivity contribution in [3.05, 3.63) is 53.6 Å². The second-order valence-corrected chi connectivity index (χ2v) is 6.49. The van der Waals surface area contributed by atoms with Crippen LogP contribution in [0.5, 0.6) is 11.5 Å². The molecular weight excluding hydrogens is 376 g/mol. The molecule has 2 rings (SSSR count). The van der Waals surface area contributed by atoms with Crippen LogP contribution in [-0.2, 0) is 10.1 Å². The van der Waals surface area contributed by atoms with E-state index in [0.29, 0.717) is 11.3 Å². The summed E-state index contributed by atoms with van der Waals surface area (Å²) in [6.07, 6.45) is 1.31. The number of hydrogen-bond acceptors (Lipinski definition) is 7. The number of methoxy groups -OCH3 is 1. The summed E-state index contributed by atoms with van der Waals surface area (Å²) in [6.45, 7) is 1.84. The smallest absolute Gasteiger partial charge is 0.294 e. The molecule has 0 atom stereocenters.